The van der Waals surface area contributed by atoms with E-state index in [0.717, 1.165) is 25.3 Å². The van der Waals surface area contributed by atoms with Crippen LogP contribution < -0.4 is 10.6 Å². The molecule has 0 bridgehead atoms. The summed E-state index contributed by atoms with van der Waals surface area (Å²) in [5.74, 6) is 0.842. The van der Waals surface area contributed by atoms with Gasteiger partial charge in [0.25, 0.3) is 5.91 Å². The first-order chi connectivity index (χ1) is 8.08. The molecule has 5 nitrogen and oxygen atoms in total. The Morgan fingerprint density at radius 3 is 2.88 bits per heavy atom. The van der Waals surface area contributed by atoms with Gasteiger partial charge in [0.05, 0.1) is 11.3 Å². The zero-order chi connectivity index (χ0) is 12.4. The molecule has 1 fully saturated rings. The summed E-state index contributed by atoms with van der Waals surface area (Å²) in [5, 5.41) is 10.5. The fourth-order valence-electron chi connectivity index (χ4n) is 1.93. The summed E-state index contributed by atoms with van der Waals surface area (Å²) in [5.41, 5.74) is 1.58. The van der Waals surface area contributed by atoms with E-state index in [2.05, 4.69) is 29.6 Å². The Labute approximate surface area is 102 Å². The number of amides is 1. The highest BCUT2D eigenvalue weighted by Gasteiger charge is 2.21. The summed E-state index contributed by atoms with van der Waals surface area (Å²) in [6.45, 7) is 6.86. The highest BCUT2D eigenvalue weighted by Crippen LogP contribution is 2.17. The second-order valence-corrected chi connectivity index (χ2v) is 4.99. The summed E-state index contributed by atoms with van der Waals surface area (Å²) in [6, 6.07) is 0. The first-order valence-corrected chi connectivity index (χ1v) is 6.10. The van der Waals surface area contributed by atoms with Crippen molar-refractivity contribution in [2.24, 2.45) is 13.0 Å². The van der Waals surface area contributed by atoms with Crippen LogP contribution in [-0.2, 0) is 7.05 Å². The molecule has 2 N–H and O–H groups in total. The number of carbonyl (C=O) groups excluding carboxylic acids is 1. The third-order valence-corrected chi connectivity index (χ3v) is 3.07. The molecule has 17 heavy (non-hydrogen) atoms. The van der Waals surface area contributed by atoms with Crippen molar-refractivity contribution in [1.82, 2.24) is 20.4 Å². The highest BCUT2D eigenvalue weighted by atomic mass is 16.1. The summed E-state index contributed by atoms with van der Waals surface area (Å²) in [6.07, 6.45) is 1.80. The molecule has 5 heteroatoms. The topological polar surface area (TPSA) is 59.0 Å². The lowest BCUT2D eigenvalue weighted by atomic mass is 10.0. The van der Waals surface area contributed by atoms with E-state index in [0.29, 0.717) is 11.5 Å². The summed E-state index contributed by atoms with van der Waals surface area (Å²) >= 11 is 0. The molecule has 0 aromatic carbocycles. The van der Waals surface area contributed by atoms with Crippen LogP contribution in [0, 0.1) is 5.92 Å². The molecule has 94 valence electrons. The van der Waals surface area contributed by atoms with Crippen LogP contribution >= 0.6 is 0 Å². The van der Waals surface area contributed by atoms with Crippen molar-refractivity contribution in [2.75, 3.05) is 19.6 Å². The van der Waals surface area contributed by atoms with Crippen molar-refractivity contribution in [1.29, 1.82) is 0 Å². The molecule has 0 aliphatic carbocycles. The molecule has 0 spiro atoms. The molecule has 1 aromatic rings. The maximum absolute atomic E-state index is 12.0. The van der Waals surface area contributed by atoms with E-state index in [1.165, 1.54) is 0 Å². The first kappa shape index (κ1) is 12.1. The number of rotatable bonds is 4. The second-order valence-electron chi connectivity index (χ2n) is 4.99. The van der Waals surface area contributed by atoms with Crippen molar-refractivity contribution in [3.05, 3.63) is 17.5 Å². The Kier molecular flexibility index (Phi) is 3.47. The predicted molar refractivity (Wildman–Crippen MR) is 66.0 cm³/mol. The van der Waals surface area contributed by atoms with Crippen molar-refractivity contribution in [3.63, 3.8) is 0 Å². The zero-order valence-electron chi connectivity index (χ0n) is 10.7. The van der Waals surface area contributed by atoms with Gasteiger partial charge >= 0.3 is 0 Å². The minimum atomic E-state index is -0.00583. The normalized spacial score (nSPS) is 16.0. The highest BCUT2D eigenvalue weighted by molar-refractivity contribution is 5.95. The molecule has 1 saturated heterocycles. The van der Waals surface area contributed by atoms with Crippen LogP contribution in [-0.4, -0.2) is 35.3 Å². The number of hydrogen-bond donors (Lipinski definition) is 2. The molecule has 0 unspecified atom stereocenters. The van der Waals surface area contributed by atoms with Gasteiger partial charge in [-0.3, -0.25) is 9.48 Å². The zero-order valence-corrected chi connectivity index (χ0v) is 10.7. The maximum Gasteiger partial charge on any atom is 0.254 e. The fourth-order valence-corrected chi connectivity index (χ4v) is 1.93. The lowest BCUT2D eigenvalue weighted by molar-refractivity contribution is 0.0941. The molecule has 1 aliphatic heterocycles. The van der Waals surface area contributed by atoms with Gasteiger partial charge in [0.2, 0.25) is 0 Å². The van der Waals surface area contributed by atoms with Crippen molar-refractivity contribution < 1.29 is 4.79 Å². The van der Waals surface area contributed by atoms with Crippen LogP contribution in [0.2, 0.25) is 0 Å². The Hall–Kier alpha value is -1.36. The van der Waals surface area contributed by atoms with E-state index in [1.807, 2.05) is 7.05 Å². The fraction of sp³-hybridized carbons (Fsp3) is 0.667. The van der Waals surface area contributed by atoms with E-state index < -0.39 is 0 Å². The second kappa shape index (κ2) is 4.87. The van der Waals surface area contributed by atoms with Gasteiger partial charge in [-0.1, -0.05) is 13.8 Å². The van der Waals surface area contributed by atoms with Gasteiger partial charge in [0.1, 0.15) is 0 Å². The molecule has 2 heterocycles. The Morgan fingerprint density at radius 2 is 2.35 bits per heavy atom. The maximum atomic E-state index is 12.0. The number of aromatic nitrogens is 2. The SMILES string of the molecule is CC(C)c1nn(C)cc1C(=O)NCC1CNC1. The third kappa shape index (κ3) is 2.66. The van der Waals surface area contributed by atoms with Gasteiger partial charge in [-0.2, -0.15) is 5.10 Å². The van der Waals surface area contributed by atoms with E-state index in [9.17, 15) is 4.79 Å². The number of carbonyl (C=O) groups is 1. The minimum Gasteiger partial charge on any atom is -0.352 e. The number of hydrogen-bond acceptors (Lipinski definition) is 3. The monoisotopic (exact) mass is 236 g/mol. The first-order valence-electron chi connectivity index (χ1n) is 6.10. The number of aryl methyl sites for hydroxylation is 1. The van der Waals surface area contributed by atoms with Crippen LogP contribution in [0.5, 0.6) is 0 Å². The minimum absolute atomic E-state index is 0.00583. The lowest BCUT2D eigenvalue weighted by Gasteiger charge is -2.27. The quantitative estimate of drug-likeness (QED) is 0.800. The molecule has 0 atom stereocenters. The third-order valence-electron chi connectivity index (χ3n) is 3.07. The number of nitrogens with zero attached hydrogens (tertiary/aromatic N) is 2. The van der Waals surface area contributed by atoms with Gasteiger partial charge in [0.15, 0.2) is 0 Å². The molecule has 2 rings (SSSR count). The van der Waals surface area contributed by atoms with Crippen LogP contribution in [0.1, 0.15) is 35.8 Å². The Morgan fingerprint density at radius 1 is 1.65 bits per heavy atom. The standard InChI is InChI=1S/C12H20N4O/c1-8(2)11-10(7-16(3)15-11)12(17)14-6-9-4-13-5-9/h7-9,13H,4-6H2,1-3H3,(H,14,17). The van der Waals surface area contributed by atoms with Crippen LogP contribution in [0.25, 0.3) is 0 Å². The molecule has 0 radical (unpaired) electrons. The van der Waals surface area contributed by atoms with Crippen LogP contribution in [0.3, 0.4) is 0 Å². The average molecular weight is 236 g/mol. The smallest absolute Gasteiger partial charge is 0.254 e. The van der Waals surface area contributed by atoms with E-state index in [1.54, 1.807) is 10.9 Å². The molecular formula is C12H20N4O. The van der Waals surface area contributed by atoms with E-state index in [4.69, 9.17) is 0 Å². The lowest BCUT2D eigenvalue weighted by Crippen LogP contribution is -2.48. The van der Waals surface area contributed by atoms with Gasteiger partial charge in [0, 0.05) is 38.8 Å². The van der Waals surface area contributed by atoms with Crippen molar-refractivity contribution >= 4 is 5.91 Å². The number of nitrogens with one attached hydrogen (secondary N) is 2. The average Bonchev–Trinajstić information content (AvgIpc) is 2.58. The molecule has 1 aromatic heterocycles. The van der Waals surface area contributed by atoms with Crippen LogP contribution in [0.4, 0.5) is 0 Å². The summed E-state index contributed by atoms with van der Waals surface area (Å²) < 4.78 is 1.70. The molecule has 0 saturated carbocycles. The molecule has 1 aliphatic rings. The molecule has 1 amide bonds. The van der Waals surface area contributed by atoms with Gasteiger partial charge in [-0.15, -0.1) is 0 Å². The van der Waals surface area contributed by atoms with Crippen molar-refractivity contribution in [2.45, 2.75) is 19.8 Å². The largest absolute Gasteiger partial charge is 0.352 e. The Balaban J connectivity index is 2.01. The predicted octanol–water partition coefficient (Wildman–Crippen LogP) is 0.493. The van der Waals surface area contributed by atoms with E-state index >= 15 is 0 Å². The van der Waals surface area contributed by atoms with Crippen LogP contribution in [0.15, 0.2) is 6.20 Å². The summed E-state index contributed by atoms with van der Waals surface area (Å²) in [7, 11) is 1.85. The van der Waals surface area contributed by atoms with Gasteiger partial charge < -0.3 is 10.6 Å². The summed E-state index contributed by atoms with van der Waals surface area (Å²) in [4.78, 5) is 12.0. The Bertz CT molecular complexity index is 407. The molecular weight excluding hydrogens is 216 g/mol. The van der Waals surface area contributed by atoms with Gasteiger partial charge in [-0.25, -0.2) is 0 Å². The van der Waals surface area contributed by atoms with E-state index in [-0.39, 0.29) is 11.8 Å². The van der Waals surface area contributed by atoms with Gasteiger partial charge in [-0.05, 0) is 5.92 Å². The van der Waals surface area contributed by atoms with Crippen molar-refractivity contribution in [3.8, 4) is 0 Å².